The van der Waals surface area contributed by atoms with E-state index in [-0.39, 0.29) is 0 Å². The number of fused-ring (bicyclic) bond motifs is 19. The molecule has 0 aliphatic rings. The first-order valence-electron chi connectivity index (χ1n) is 49.6. The van der Waals surface area contributed by atoms with Crippen molar-refractivity contribution >= 4 is 193 Å². The second-order valence-corrected chi connectivity index (χ2v) is 37.0. The van der Waals surface area contributed by atoms with Crippen LogP contribution in [-0.4, -0.2) is 27.4 Å². The average molecular weight is 1850 g/mol. The number of hydrogen-bond acceptors (Lipinski definition) is 3. The standard InChI is InChI=1S/C52H35N3.2C42H29N3/c1-4-19-37(20-5-1)53(38-21-6-2-7-22-38)40-31-33-50-47(35-40)52-51(46-28-14-15-30-48(46)54(52)39-23-8-3-9-24-39)55(50)49-34-32-44(43-26-12-13-27-45(43)49)42-29-16-18-36-17-10-11-25-41(36)42;1-4-17-31(18-5-1)43(32-19-6-2-7-20-32)34-27-28-40-37(29-34)42-41(45(40)38-26-14-16-30-15-10-11-23-35(30)38)36-24-12-13-25-39(36)44(42)33-21-8-3-9-22-33;1-4-16-32(17-5-1)43(33-18-6-2-7-19-33)36-26-27-40-38(29-36)42-41(45(40)35-25-24-30-14-10-11-15-31(30)28-35)37-22-12-13-23-39(37)44(42)34-20-8-3-9-21-34/h1-35H;2*1-29H. The van der Waals surface area contributed by atoms with E-state index in [4.69, 9.17) is 0 Å². The summed E-state index contributed by atoms with van der Waals surface area (Å²) in [7, 11) is 0. The zero-order valence-corrected chi connectivity index (χ0v) is 79.2. The molecule has 0 fully saturated rings. The molecule has 0 bridgehead atoms. The summed E-state index contributed by atoms with van der Waals surface area (Å²) in [5, 5.41) is 17.1. The van der Waals surface area contributed by atoms with Crippen LogP contribution in [-0.2, 0) is 0 Å². The minimum Gasteiger partial charge on any atom is -0.310 e. The maximum atomic E-state index is 2.51. The van der Waals surface area contributed by atoms with Gasteiger partial charge in [-0.15, -0.1) is 0 Å². The minimum atomic E-state index is 1.10. The maximum absolute atomic E-state index is 2.51. The Balaban J connectivity index is 0.000000109. The van der Waals surface area contributed by atoms with E-state index < -0.39 is 0 Å². The van der Waals surface area contributed by atoms with E-state index in [1.54, 1.807) is 0 Å². The molecule has 145 heavy (non-hydrogen) atoms. The molecule has 0 unspecified atom stereocenters. The first-order chi connectivity index (χ1) is 72.0. The first-order valence-corrected chi connectivity index (χ1v) is 49.6. The van der Waals surface area contributed by atoms with Crippen LogP contribution in [0.1, 0.15) is 0 Å². The van der Waals surface area contributed by atoms with Gasteiger partial charge in [-0.25, -0.2) is 0 Å². The van der Waals surface area contributed by atoms with Crippen molar-refractivity contribution in [3.63, 3.8) is 0 Å². The molecule has 0 amide bonds. The Morgan fingerprint density at radius 2 is 0.379 bits per heavy atom. The molecular formula is C136H93N9. The number of aromatic nitrogens is 6. The topological polar surface area (TPSA) is 39.3 Å². The van der Waals surface area contributed by atoms with Crippen molar-refractivity contribution in [2.45, 2.75) is 0 Å². The van der Waals surface area contributed by atoms with Crippen molar-refractivity contribution in [1.82, 2.24) is 27.4 Å². The van der Waals surface area contributed by atoms with E-state index in [2.05, 4.69) is 606 Å². The van der Waals surface area contributed by atoms with Crippen molar-refractivity contribution < 1.29 is 0 Å². The fourth-order valence-electron chi connectivity index (χ4n) is 22.6. The Hall–Kier alpha value is -19.5. The minimum absolute atomic E-state index is 1.10. The SMILES string of the molecule is c1ccc(N(c2ccccc2)c2ccc3c(c2)c2c(c4ccccc4n2-c2ccccc2)n3-c2ccc(-c3cccc4ccccc34)c3ccccc23)cc1.c1ccc(N(c2ccccc2)c2ccc3c(c2)c2c(c4ccccc4n2-c2ccccc2)n3-c2ccc3ccccc3c2)cc1.c1ccc(N(c2ccccc2)c2ccc3c(c2)c2c(c4ccccc4n2-c2ccccc2)n3-c2cccc3ccccc23)cc1. The third-order valence-electron chi connectivity index (χ3n) is 28.8. The number of hydrogen-bond donors (Lipinski definition) is 0. The number of para-hydroxylation sites is 12. The van der Waals surface area contributed by atoms with Crippen LogP contribution in [0.15, 0.2) is 564 Å². The van der Waals surface area contributed by atoms with Crippen LogP contribution < -0.4 is 14.7 Å². The van der Waals surface area contributed by atoms with Gasteiger partial charge in [0.05, 0.1) is 77.6 Å². The summed E-state index contributed by atoms with van der Waals surface area (Å²) >= 11 is 0. The molecule has 29 rings (SSSR count). The molecule has 6 aromatic heterocycles. The first kappa shape index (κ1) is 84.8. The molecule has 0 atom stereocenters. The Bertz CT molecular complexity index is 9810. The zero-order chi connectivity index (χ0) is 95.8. The van der Waals surface area contributed by atoms with E-state index in [1.807, 2.05) is 0 Å². The van der Waals surface area contributed by atoms with Gasteiger partial charge < -0.3 is 42.1 Å². The molecule has 0 aliphatic heterocycles. The average Bonchev–Trinajstić information content (AvgIpc) is 1.54. The molecule has 0 aliphatic carbocycles. The summed E-state index contributed by atoms with van der Waals surface area (Å²) in [6.07, 6.45) is 0. The van der Waals surface area contributed by atoms with E-state index in [0.29, 0.717) is 0 Å². The normalized spacial score (nSPS) is 11.6. The summed E-state index contributed by atoms with van der Waals surface area (Å²) in [5.74, 6) is 0. The highest BCUT2D eigenvalue weighted by Gasteiger charge is 2.30. The van der Waals surface area contributed by atoms with Gasteiger partial charge in [-0.05, 0) is 250 Å². The highest BCUT2D eigenvalue weighted by molar-refractivity contribution is 6.25. The third-order valence-corrected chi connectivity index (χ3v) is 28.8. The van der Waals surface area contributed by atoms with Gasteiger partial charge in [0.15, 0.2) is 0 Å². The van der Waals surface area contributed by atoms with Crippen molar-refractivity contribution in [1.29, 1.82) is 0 Å². The van der Waals surface area contributed by atoms with Crippen LogP contribution in [0, 0.1) is 0 Å². The molecular weight excluding hydrogens is 1760 g/mol. The van der Waals surface area contributed by atoms with Gasteiger partial charge in [0.2, 0.25) is 0 Å². The molecule has 9 nitrogen and oxygen atoms in total. The monoisotopic (exact) mass is 1850 g/mol. The van der Waals surface area contributed by atoms with Crippen LogP contribution in [0.2, 0.25) is 0 Å². The van der Waals surface area contributed by atoms with Gasteiger partial charge in [-0.2, -0.15) is 0 Å². The van der Waals surface area contributed by atoms with Gasteiger partial charge in [0.1, 0.15) is 0 Å². The molecule has 9 heteroatoms. The highest BCUT2D eigenvalue weighted by Crippen LogP contribution is 2.51. The smallest absolute Gasteiger partial charge is 0.0804 e. The molecule has 0 saturated heterocycles. The quantitative estimate of drug-likeness (QED) is 0.0968. The Kier molecular flexibility index (Phi) is 21.1. The molecule has 682 valence electrons. The van der Waals surface area contributed by atoms with E-state index in [9.17, 15) is 0 Å². The van der Waals surface area contributed by atoms with Crippen LogP contribution >= 0.6 is 0 Å². The Labute approximate surface area is 838 Å². The van der Waals surface area contributed by atoms with Crippen molar-refractivity contribution in [3.8, 4) is 45.3 Å². The third kappa shape index (κ3) is 14.5. The predicted molar refractivity (Wildman–Crippen MR) is 612 cm³/mol. The summed E-state index contributed by atoms with van der Waals surface area (Å²) in [6.45, 7) is 0. The lowest BCUT2D eigenvalue weighted by Gasteiger charge is -2.25. The van der Waals surface area contributed by atoms with Crippen molar-refractivity contribution in [3.05, 3.63) is 564 Å². The zero-order valence-electron chi connectivity index (χ0n) is 79.2. The number of nitrogens with zero attached hydrogens (tertiary/aromatic N) is 9. The predicted octanol–water partition coefficient (Wildman–Crippen LogP) is 36.9. The lowest BCUT2D eigenvalue weighted by molar-refractivity contribution is 1.18. The maximum Gasteiger partial charge on any atom is 0.0804 e. The fourth-order valence-corrected chi connectivity index (χ4v) is 22.6. The lowest BCUT2D eigenvalue weighted by atomic mass is 9.93. The molecule has 0 spiro atoms. The van der Waals surface area contributed by atoms with Gasteiger partial charge >= 0.3 is 0 Å². The molecule has 6 heterocycles. The summed E-state index contributed by atoms with van der Waals surface area (Å²) < 4.78 is 14.8. The molecule has 0 saturated carbocycles. The lowest BCUT2D eigenvalue weighted by Crippen LogP contribution is -2.09. The van der Waals surface area contributed by atoms with Crippen LogP contribution in [0.5, 0.6) is 0 Å². The number of rotatable bonds is 16. The van der Waals surface area contributed by atoms with Crippen LogP contribution in [0.25, 0.3) is 187 Å². The summed E-state index contributed by atoms with van der Waals surface area (Å²) in [5.41, 5.74) is 33.7. The highest BCUT2D eigenvalue weighted by atomic mass is 15.2. The van der Waals surface area contributed by atoms with Crippen LogP contribution in [0.4, 0.5) is 51.2 Å². The van der Waals surface area contributed by atoms with Crippen molar-refractivity contribution in [2.75, 3.05) is 14.7 Å². The van der Waals surface area contributed by atoms with Gasteiger partial charge in [0.25, 0.3) is 0 Å². The van der Waals surface area contributed by atoms with E-state index in [0.717, 1.165) is 85.1 Å². The van der Waals surface area contributed by atoms with E-state index >= 15 is 0 Å². The number of benzene rings is 23. The molecule has 0 radical (unpaired) electrons. The fraction of sp³-hybridized carbons (Fsp3) is 0. The second kappa shape index (κ2) is 36.1. The second-order valence-electron chi connectivity index (χ2n) is 37.0. The molecule has 29 aromatic rings. The van der Waals surface area contributed by atoms with Crippen molar-refractivity contribution in [2.24, 2.45) is 0 Å². The van der Waals surface area contributed by atoms with Gasteiger partial charge in [-0.3, -0.25) is 0 Å². The van der Waals surface area contributed by atoms with E-state index in [1.165, 1.54) is 153 Å². The van der Waals surface area contributed by atoms with Crippen LogP contribution in [0.3, 0.4) is 0 Å². The molecule has 23 aromatic carbocycles. The summed E-state index contributed by atoms with van der Waals surface area (Å²) in [4.78, 5) is 7.04. The Morgan fingerprint density at radius 1 is 0.117 bits per heavy atom. The largest absolute Gasteiger partial charge is 0.310 e. The van der Waals surface area contributed by atoms with Gasteiger partial charge in [-0.1, -0.05) is 358 Å². The van der Waals surface area contributed by atoms with Gasteiger partial charge in [0, 0.05) is 117 Å². The molecule has 0 N–H and O–H groups in total. The Morgan fingerprint density at radius 3 is 0.779 bits per heavy atom. The summed E-state index contributed by atoms with van der Waals surface area (Å²) in [6, 6.07) is 203. The number of anilines is 9.